The molecule has 0 saturated carbocycles. The van der Waals surface area contributed by atoms with E-state index in [-0.39, 0.29) is 12.0 Å². The molecule has 3 N–H and O–H groups in total. The van der Waals surface area contributed by atoms with E-state index in [2.05, 4.69) is 9.97 Å². The van der Waals surface area contributed by atoms with E-state index in [0.29, 0.717) is 0 Å². The molecule has 1 heterocycles. The van der Waals surface area contributed by atoms with Crippen LogP contribution >= 0.6 is 0 Å². The highest BCUT2D eigenvalue weighted by atomic mass is 19.4. The summed E-state index contributed by atoms with van der Waals surface area (Å²) in [5.41, 5.74) is 5.43. The average molecular weight is 235 g/mol. The summed E-state index contributed by atoms with van der Waals surface area (Å²) in [6.45, 7) is 0. The monoisotopic (exact) mass is 235 g/mol. The lowest BCUT2D eigenvalue weighted by Crippen LogP contribution is -2.32. The number of nitrogens with zero attached hydrogens (tertiary/aromatic N) is 2. The highest BCUT2D eigenvalue weighted by Crippen LogP contribution is 2.25. The first kappa shape index (κ1) is 12.4. The Balaban J connectivity index is 2.76. The molecular formula is C8H8F3N3O2. The van der Waals surface area contributed by atoms with Crippen LogP contribution < -0.4 is 5.73 Å². The van der Waals surface area contributed by atoms with Crippen LogP contribution in [0.15, 0.2) is 12.4 Å². The lowest BCUT2D eigenvalue weighted by Gasteiger charge is -2.07. The van der Waals surface area contributed by atoms with Crippen LogP contribution in [0.5, 0.6) is 0 Å². The summed E-state index contributed by atoms with van der Waals surface area (Å²) < 4.78 is 36.2. The molecule has 0 aromatic carbocycles. The second-order valence-electron chi connectivity index (χ2n) is 3.06. The molecule has 0 radical (unpaired) electrons. The number of hydrogen-bond donors (Lipinski definition) is 2. The number of aromatic nitrogens is 2. The molecule has 0 fully saturated rings. The van der Waals surface area contributed by atoms with Gasteiger partial charge in [-0.25, -0.2) is 9.97 Å². The summed E-state index contributed by atoms with van der Waals surface area (Å²) in [7, 11) is 0. The van der Waals surface area contributed by atoms with Crippen LogP contribution in [-0.2, 0) is 17.4 Å². The first-order valence-electron chi connectivity index (χ1n) is 4.17. The van der Waals surface area contributed by atoms with Gasteiger partial charge in [-0.3, -0.25) is 4.79 Å². The quantitative estimate of drug-likeness (QED) is 0.793. The molecule has 0 saturated heterocycles. The standard InChI is InChI=1S/C8H8F3N3O2/c9-8(10,11)7-13-2-4(3-14-7)1-5(12)6(15)16/h2-3,5H,1,12H2,(H,15,16). The van der Waals surface area contributed by atoms with Crippen molar-refractivity contribution in [2.24, 2.45) is 5.73 Å². The lowest BCUT2D eigenvalue weighted by molar-refractivity contribution is -0.145. The minimum atomic E-state index is -4.60. The van der Waals surface area contributed by atoms with Crippen molar-refractivity contribution in [2.45, 2.75) is 18.6 Å². The van der Waals surface area contributed by atoms with Gasteiger partial charge in [0.1, 0.15) is 6.04 Å². The number of carboxylic acid groups (broad SMARTS) is 1. The number of alkyl halides is 3. The molecule has 0 aliphatic heterocycles. The molecule has 16 heavy (non-hydrogen) atoms. The fourth-order valence-corrected chi connectivity index (χ4v) is 0.948. The third-order valence-corrected chi connectivity index (χ3v) is 1.73. The average Bonchev–Trinajstić information content (AvgIpc) is 2.17. The van der Waals surface area contributed by atoms with Gasteiger partial charge >= 0.3 is 12.1 Å². The third kappa shape index (κ3) is 3.16. The van der Waals surface area contributed by atoms with Crippen molar-refractivity contribution in [2.75, 3.05) is 0 Å². The Labute approximate surface area is 88.1 Å². The van der Waals surface area contributed by atoms with Crippen LogP contribution in [0.3, 0.4) is 0 Å². The molecule has 0 amide bonds. The van der Waals surface area contributed by atoms with E-state index in [4.69, 9.17) is 10.8 Å². The highest BCUT2D eigenvalue weighted by Gasteiger charge is 2.34. The van der Waals surface area contributed by atoms with E-state index in [0.717, 1.165) is 12.4 Å². The summed E-state index contributed by atoms with van der Waals surface area (Å²) in [5, 5.41) is 8.48. The lowest BCUT2D eigenvalue weighted by atomic mass is 10.1. The van der Waals surface area contributed by atoms with E-state index < -0.39 is 24.0 Å². The van der Waals surface area contributed by atoms with Crippen LogP contribution in [0.4, 0.5) is 13.2 Å². The molecule has 1 unspecified atom stereocenters. The Kier molecular flexibility index (Phi) is 3.43. The van der Waals surface area contributed by atoms with Gasteiger partial charge in [-0.15, -0.1) is 0 Å². The summed E-state index contributed by atoms with van der Waals surface area (Å²) in [5.74, 6) is -2.50. The number of nitrogens with two attached hydrogens (primary N) is 1. The summed E-state index contributed by atoms with van der Waals surface area (Å²) in [6.07, 6.45) is -2.89. The predicted octanol–water partition coefficient (Wildman–Crippen LogP) is 0.450. The second-order valence-corrected chi connectivity index (χ2v) is 3.06. The van der Waals surface area contributed by atoms with Gasteiger partial charge in [0.05, 0.1) is 0 Å². The Bertz CT molecular complexity index is 377. The van der Waals surface area contributed by atoms with E-state index in [1.54, 1.807) is 0 Å². The van der Waals surface area contributed by atoms with Crippen molar-refractivity contribution < 1.29 is 23.1 Å². The molecule has 1 atom stereocenters. The van der Waals surface area contributed by atoms with Gasteiger partial charge in [0.15, 0.2) is 0 Å². The number of rotatable bonds is 3. The maximum absolute atomic E-state index is 12.1. The summed E-state index contributed by atoms with van der Waals surface area (Å²) in [4.78, 5) is 16.5. The van der Waals surface area contributed by atoms with Crippen molar-refractivity contribution in [1.82, 2.24) is 9.97 Å². The largest absolute Gasteiger partial charge is 0.480 e. The Morgan fingerprint density at radius 1 is 1.44 bits per heavy atom. The molecule has 0 aliphatic rings. The molecule has 0 aliphatic carbocycles. The maximum atomic E-state index is 12.1. The highest BCUT2D eigenvalue weighted by molar-refractivity contribution is 5.73. The third-order valence-electron chi connectivity index (χ3n) is 1.73. The minimum Gasteiger partial charge on any atom is -0.480 e. The second kappa shape index (κ2) is 4.44. The molecule has 0 spiro atoms. The van der Waals surface area contributed by atoms with Crippen LogP contribution in [0, 0.1) is 0 Å². The van der Waals surface area contributed by atoms with E-state index in [1.165, 1.54) is 0 Å². The zero-order chi connectivity index (χ0) is 12.3. The Morgan fingerprint density at radius 2 is 1.94 bits per heavy atom. The summed E-state index contributed by atoms with van der Waals surface area (Å²) >= 11 is 0. The molecule has 5 nitrogen and oxygen atoms in total. The number of hydrogen-bond acceptors (Lipinski definition) is 4. The minimum absolute atomic E-state index is 0.118. The Morgan fingerprint density at radius 3 is 2.31 bits per heavy atom. The van der Waals surface area contributed by atoms with Crippen molar-refractivity contribution in [3.8, 4) is 0 Å². The smallest absolute Gasteiger partial charge is 0.451 e. The molecule has 88 valence electrons. The first-order chi connectivity index (χ1) is 7.30. The first-order valence-corrected chi connectivity index (χ1v) is 4.17. The van der Waals surface area contributed by atoms with Gasteiger partial charge in [-0.05, 0) is 5.56 Å². The molecule has 0 bridgehead atoms. The normalized spacial score (nSPS) is 13.5. The van der Waals surface area contributed by atoms with Crippen LogP contribution in [0.1, 0.15) is 11.4 Å². The summed E-state index contributed by atoms with van der Waals surface area (Å²) in [6, 6.07) is -1.18. The van der Waals surface area contributed by atoms with Gasteiger partial charge in [0.25, 0.3) is 0 Å². The van der Waals surface area contributed by atoms with Gasteiger partial charge < -0.3 is 10.8 Å². The Hall–Kier alpha value is -1.70. The zero-order valence-corrected chi connectivity index (χ0v) is 7.90. The van der Waals surface area contributed by atoms with Crippen LogP contribution in [0.2, 0.25) is 0 Å². The number of aliphatic carboxylic acids is 1. The maximum Gasteiger partial charge on any atom is 0.451 e. The molecule has 8 heteroatoms. The predicted molar refractivity (Wildman–Crippen MR) is 46.3 cm³/mol. The van der Waals surface area contributed by atoms with Crippen molar-refractivity contribution in [1.29, 1.82) is 0 Å². The van der Waals surface area contributed by atoms with Crippen molar-refractivity contribution in [3.63, 3.8) is 0 Å². The molecule has 1 aromatic heterocycles. The number of halogens is 3. The fourth-order valence-electron chi connectivity index (χ4n) is 0.948. The van der Waals surface area contributed by atoms with Crippen LogP contribution in [-0.4, -0.2) is 27.1 Å². The topological polar surface area (TPSA) is 89.1 Å². The SMILES string of the molecule is NC(Cc1cnc(C(F)(F)F)nc1)C(=O)O. The number of carbonyl (C=O) groups is 1. The van der Waals surface area contributed by atoms with Crippen molar-refractivity contribution >= 4 is 5.97 Å². The van der Waals surface area contributed by atoms with Gasteiger partial charge in [-0.1, -0.05) is 0 Å². The van der Waals surface area contributed by atoms with Gasteiger partial charge in [0, 0.05) is 18.8 Å². The number of carboxylic acids is 1. The van der Waals surface area contributed by atoms with Crippen molar-refractivity contribution in [3.05, 3.63) is 23.8 Å². The van der Waals surface area contributed by atoms with Crippen LogP contribution in [0.25, 0.3) is 0 Å². The zero-order valence-electron chi connectivity index (χ0n) is 7.90. The van der Waals surface area contributed by atoms with Gasteiger partial charge in [0.2, 0.25) is 5.82 Å². The molecule has 1 rings (SSSR count). The van der Waals surface area contributed by atoms with E-state index in [9.17, 15) is 18.0 Å². The van der Waals surface area contributed by atoms with E-state index >= 15 is 0 Å². The van der Waals surface area contributed by atoms with E-state index in [1.807, 2.05) is 0 Å². The fraction of sp³-hybridized carbons (Fsp3) is 0.375. The van der Waals surface area contributed by atoms with Gasteiger partial charge in [-0.2, -0.15) is 13.2 Å². The molecular weight excluding hydrogens is 227 g/mol. The molecule has 1 aromatic rings.